The highest BCUT2D eigenvalue weighted by atomic mass is 16.5. The SMILES string of the molecule is N#Cc1oc2ccccc2c1OCCCCO. The van der Waals surface area contributed by atoms with E-state index in [1.54, 1.807) is 6.07 Å². The normalized spacial score (nSPS) is 10.4. The lowest BCUT2D eigenvalue weighted by molar-refractivity contribution is 0.252. The Balaban J connectivity index is 2.22. The van der Waals surface area contributed by atoms with Crippen molar-refractivity contribution in [3.05, 3.63) is 30.0 Å². The van der Waals surface area contributed by atoms with Gasteiger partial charge in [0.05, 0.1) is 12.0 Å². The average molecular weight is 231 g/mol. The lowest BCUT2D eigenvalue weighted by Gasteiger charge is -2.03. The van der Waals surface area contributed by atoms with Crippen molar-refractivity contribution >= 4 is 11.0 Å². The fraction of sp³-hybridized carbons (Fsp3) is 0.308. The van der Waals surface area contributed by atoms with E-state index in [-0.39, 0.29) is 12.4 Å². The molecule has 0 unspecified atom stereocenters. The Morgan fingerprint density at radius 1 is 1.29 bits per heavy atom. The smallest absolute Gasteiger partial charge is 0.246 e. The van der Waals surface area contributed by atoms with E-state index >= 15 is 0 Å². The first-order valence-corrected chi connectivity index (χ1v) is 5.52. The zero-order chi connectivity index (χ0) is 12.1. The van der Waals surface area contributed by atoms with Crippen LogP contribution in [0.5, 0.6) is 5.75 Å². The molecule has 2 aromatic rings. The molecular formula is C13H13NO3. The van der Waals surface area contributed by atoms with Crippen molar-refractivity contribution in [2.75, 3.05) is 13.2 Å². The molecule has 0 saturated heterocycles. The molecule has 0 aliphatic rings. The van der Waals surface area contributed by atoms with Gasteiger partial charge in [-0.2, -0.15) is 5.26 Å². The van der Waals surface area contributed by atoms with Crippen LogP contribution in [0.1, 0.15) is 18.6 Å². The third-order valence-electron chi connectivity index (χ3n) is 2.45. The van der Waals surface area contributed by atoms with Crippen LogP contribution in [0.25, 0.3) is 11.0 Å². The number of benzene rings is 1. The van der Waals surface area contributed by atoms with Gasteiger partial charge in [-0.3, -0.25) is 0 Å². The van der Waals surface area contributed by atoms with Crippen molar-refractivity contribution in [1.82, 2.24) is 0 Å². The lowest BCUT2D eigenvalue weighted by Crippen LogP contribution is -1.99. The van der Waals surface area contributed by atoms with Crippen molar-refractivity contribution < 1.29 is 14.3 Å². The maximum atomic E-state index is 8.96. The summed E-state index contributed by atoms with van der Waals surface area (Å²) in [6.07, 6.45) is 1.44. The minimum Gasteiger partial charge on any atom is -0.488 e. The molecule has 2 rings (SSSR count). The second-order valence-electron chi connectivity index (χ2n) is 3.65. The fourth-order valence-corrected chi connectivity index (χ4v) is 1.63. The molecule has 0 amide bonds. The predicted molar refractivity (Wildman–Crippen MR) is 62.7 cm³/mol. The minimum absolute atomic E-state index is 0.153. The van der Waals surface area contributed by atoms with E-state index in [0.29, 0.717) is 24.4 Å². The van der Waals surface area contributed by atoms with Crippen molar-refractivity contribution in [1.29, 1.82) is 5.26 Å². The summed E-state index contributed by atoms with van der Waals surface area (Å²) in [6, 6.07) is 9.37. The highest BCUT2D eigenvalue weighted by molar-refractivity contribution is 5.86. The third-order valence-corrected chi connectivity index (χ3v) is 2.45. The van der Waals surface area contributed by atoms with Crippen molar-refractivity contribution in [3.8, 4) is 11.8 Å². The monoisotopic (exact) mass is 231 g/mol. The largest absolute Gasteiger partial charge is 0.488 e. The summed E-state index contributed by atoms with van der Waals surface area (Å²) in [5, 5.41) is 18.4. The summed E-state index contributed by atoms with van der Waals surface area (Å²) in [4.78, 5) is 0. The van der Waals surface area contributed by atoms with Gasteiger partial charge in [0, 0.05) is 6.61 Å². The van der Waals surface area contributed by atoms with Crippen LogP contribution in [-0.4, -0.2) is 18.3 Å². The summed E-state index contributed by atoms with van der Waals surface area (Å²) in [5.41, 5.74) is 0.654. The van der Waals surface area contributed by atoms with Gasteiger partial charge >= 0.3 is 0 Å². The van der Waals surface area contributed by atoms with Gasteiger partial charge in [0.15, 0.2) is 5.75 Å². The number of aliphatic hydroxyl groups excluding tert-OH is 1. The first-order valence-electron chi connectivity index (χ1n) is 5.52. The number of para-hydroxylation sites is 1. The number of fused-ring (bicyclic) bond motifs is 1. The molecule has 1 aromatic heterocycles. The average Bonchev–Trinajstić information content (AvgIpc) is 2.73. The van der Waals surface area contributed by atoms with Gasteiger partial charge in [-0.1, -0.05) is 12.1 Å². The predicted octanol–water partition coefficient (Wildman–Crippen LogP) is 2.46. The molecule has 0 aliphatic carbocycles. The standard InChI is InChI=1S/C13H13NO3/c14-9-12-13(16-8-4-3-7-15)10-5-1-2-6-11(10)17-12/h1-2,5-6,15H,3-4,7-8H2. The molecule has 4 nitrogen and oxygen atoms in total. The summed E-state index contributed by atoms with van der Waals surface area (Å²) in [5.74, 6) is 0.705. The Morgan fingerprint density at radius 2 is 2.12 bits per heavy atom. The highest BCUT2D eigenvalue weighted by Gasteiger charge is 2.14. The van der Waals surface area contributed by atoms with Crippen LogP contribution in [0.15, 0.2) is 28.7 Å². The molecule has 17 heavy (non-hydrogen) atoms. The number of nitrogens with zero attached hydrogens (tertiary/aromatic N) is 1. The molecule has 0 spiro atoms. The van der Waals surface area contributed by atoms with E-state index in [4.69, 9.17) is 19.5 Å². The van der Waals surface area contributed by atoms with Crippen molar-refractivity contribution in [2.45, 2.75) is 12.8 Å². The first kappa shape index (κ1) is 11.5. The number of nitriles is 1. The Hall–Kier alpha value is -1.99. The number of hydrogen-bond donors (Lipinski definition) is 1. The molecule has 0 aliphatic heterocycles. The molecule has 4 heteroatoms. The minimum atomic E-state index is 0.153. The lowest BCUT2D eigenvalue weighted by atomic mass is 10.2. The summed E-state index contributed by atoms with van der Waals surface area (Å²) in [6.45, 7) is 0.624. The number of hydrogen-bond acceptors (Lipinski definition) is 4. The van der Waals surface area contributed by atoms with E-state index in [1.807, 2.05) is 24.3 Å². The molecule has 0 atom stereocenters. The van der Waals surface area contributed by atoms with Gasteiger partial charge in [0.1, 0.15) is 11.7 Å². The Labute approximate surface area is 99.0 Å². The van der Waals surface area contributed by atoms with Crippen LogP contribution in [0.2, 0.25) is 0 Å². The summed E-state index contributed by atoms with van der Waals surface area (Å²) >= 11 is 0. The molecule has 0 saturated carbocycles. The van der Waals surface area contributed by atoms with Crippen LogP contribution >= 0.6 is 0 Å². The van der Waals surface area contributed by atoms with Gasteiger partial charge in [-0.25, -0.2) is 0 Å². The quantitative estimate of drug-likeness (QED) is 0.802. The molecule has 0 radical (unpaired) electrons. The molecule has 1 heterocycles. The van der Waals surface area contributed by atoms with Crippen LogP contribution in [-0.2, 0) is 0 Å². The number of aliphatic hydroxyl groups is 1. The Bertz CT molecular complexity index is 539. The zero-order valence-corrected chi connectivity index (χ0v) is 9.35. The maximum Gasteiger partial charge on any atom is 0.246 e. The van der Waals surface area contributed by atoms with Gasteiger partial charge in [-0.05, 0) is 25.0 Å². The van der Waals surface area contributed by atoms with E-state index < -0.39 is 0 Å². The van der Waals surface area contributed by atoms with Crippen LogP contribution in [0.3, 0.4) is 0 Å². The zero-order valence-electron chi connectivity index (χ0n) is 9.35. The van der Waals surface area contributed by atoms with E-state index in [1.165, 1.54) is 0 Å². The molecule has 0 bridgehead atoms. The summed E-state index contributed by atoms with van der Waals surface area (Å²) in [7, 11) is 0. The van der Waals surface area contributed by atoms with E-state index in [9.17, 15) is 0 Å². The van der Waals surface area contributed by atoms with Gasteiger partial charge in [0.25, 0.3) is 0 Å². The van der Waals surface area contributed by atoms with Crippen LogP contribution in [0.4, 0.5) is 0 Å². The number of rotatable bonds is 5. The third kappa shape index (κ3) is 2.40. The van der Waals surface area contributed by atoms with Crippen LogP contribution in [0, 0.1) is 11.3 Å². The maximum absolute atomic E-state index is 8.96. The molecule has 1 N–H and O–H groups in total. The Morgan fingerprint density at radius 3 is 2.88 bits per heavy atom. The molecular weight excluding hydrogens is 218 g/mol. The number of ether oxygens (including phenoxy) is 1. The van der Waals surface area contributed by atoms with Gasteiger partial charge in [-0.15, -0.1) is 0 Å². The topological polar surface area (TPSA) is 66.4 Å². The van der Waals surface area contributed by atoms with Gasteiger partial charge < -0.3 is 14.3 Å². The fourth-order valence-electron chi connectivity index (χ4n) is 1.63. The number of unbranched alkanes of at least 4 members (excludes halogenated alkanes) is 1. The Kier molecular flexibility index (Phi) is 3.63. The number of furan rings is 1. The molecule has 0 fully saturated rings. The van der Waals surface area contributed by atoms with E-state index in [2.05, 4.69) is 0 Å². The van der Waals surface area contributed by atoms with Crippen molar-refractivity contribution in [3.63, 3.8) is 0 Å². The second kappa shape index (κ2) is 5.37. The first-order chi connectivity index (χ1) is 8.36. The molecule has 1 aromatic carbocycles. The highest BCUT2D eigenvalue weighted by Crippen LogP contribution is 2.32. The molecule has 88 valence electrons. The van der Waals surface area contributed by atoms with E-state index in [0.717, 1.165) is 11.8 Å². The van der Waals surface area contributed by atoms with Gasteiger partial charge in [0.2, 0.25) is 5.76 Å². The van der Waals surface area contributed by atoms with Crippen molar-refractivity contribution in [2.24, 2.45) is 0 Å². The second-order valence-corrected chi connectivity index (χ2v) is 3.65. The van der Waals surface area contributed by atoms with Crippen LogP contribution < -0.4 is 4.74 Å². The summed E-state index contributed by atoms with van der Waals surface area (Å²) < 4.78 is 10.9.